The van der Waals surface area contributed by atoms with Gasteiger partial charge in [0.1, 0.15) is 24.6 Å². The minimum Gasteiger partial charge on any atom is -0.457 e. The fourth-order valence-corrected chi connectivity index (χ4v) is 6.28. The number of rotatable bonds is 5. The molecule has 0 aromatic carbocycles. The number of hydrogen-bond acceptors (Lipinski definition) is 10. The molecule has 1 fully saturated rings. The standard InChI is InChI=1S/C32H49N3O8/c1-10-26-32(7,43-31(39)35-12-11-33-18-35)17-21(4)29(38)19(2)13-20(3)30(23(6)25(36)16-27(37)41-26)42-28-15-24(34(8)9)14-22(5)40-28/h11-12,17-20,22-24,26,28,30H,10,13-16H2,1-9H3/b21-17+/t19-,20+,22-,23+,24+,26-,28+,30+,32+/m1/s1. The number of cyclic esters (lactones) is 1. The summed E-state index contributed by atoms with van der Waals surface area (Å²) in [4.78, 5) is 59.3. The van der Waals surface area contributed by atoms with Crippen LogP contribution in [0.4, 0.5) is 4.79 Å². The molecular weight excluding hydrogens is 554 g/mol. The lowest BCUT2D eigenvalue weighted by molar-refractivity contribution is -0.236. The molecule has 11 nitrogen and oxygen atoms in total. The number of aromatic nitrogens is 2. The number of nitrogens with zero attached hydrogens (tertiary/aromatic N) is 3. The second-order valence-corrected chi connectivity index (χ2v) is 12.7. The van der Waals surface area contributed by atoms with Gasteiger partial charge in [0.15, 0.2) is 17.7 Å². The molecule has 3 heterocycles. The van der Waals surface area contributed by atoms with Gasteiger partial charge in [-0.25, -0.2) is 14.3 Å². The molecule has 0 unspecified atom stereocenters. The van der Waals surface area contributed by atoms with Crippen molar-refractivity contribution in [1.82, 2.24) is 14.5 Å². The van der Waals surface area contributed by atoms with Crippen LogP contribution < -0.4 is 0 Å². The SMILES string of the molecule is CC[C@H]1OC(=O)CC(=O)[C@H](C)[C@@H](O[C@H]2C[C@@H](N(C)C)C[C@@H](C)O2)[C@@H](C)C[C@@H](C)C(=O)/C(C)=C/[C@]1(C)OC(=O)n1ccnc1. The minimum atomic E-state index is -1.49. The Morgan fingerprint density at radius 1 is 1.14 bits per heavy atom. The normalized spacial score (nSPS) is 36.4. The number of carbonyl (C=O) groups excluding carboxylic acids is 4. The highest BCUT2D eigenvalue weighted by Crippen LogP contribution is 2.33. The number of carbonyl (C=O) groups is 4. The number of ether oxygens (including phenoxy) is 4. The van der Waals surface area contributed by atoms with Crippen LogP contribution in [0.5, 0.6) is 0 Å². The maximum atomic E-state index is 13.7. The zero-order chi connectivity index (χ0) is 32.1. The molecule has 0 radical (unpaired) electrons. The fourth-order valence-electron chi connectivity index (χ4n) is 6.28. The van der Waals surface area contributed by atoms with E-state index in [0.29, 0.717) is 18.4 Å². The molecule has 11 heteroatoms. The van der Waals surface area contributed by atoms with Gasteiger partial charge in [0.05, 0.1) is 12.2 Å². The molecule has 0 spiro atoms. The highest BCUT2D eigenvalue weighted by atomic mass is 16.7. The third-order valence-corrected chi connectivity index (χ3v) is 8.74. The van der Waals surface area contributed by atoms with Crippen molar-refractivity contribution in [3.63, 3.8) is 0 Å². The van der Waals surface area contributed by atoms with Gasteiger partial charge < -0.3 is 23.8 Å². The zero-order valence-corrected chi connectivity index (χ0v) is 27.1. The first kappa shape index (κ1) is 34.6. The lowest BCUT2D eigenvalue weighted by Gasteiger charge is -2.40. The third kappa shape index (κ3) is 8.83. The number of Topliss-reactive ketones (excluding diaryl/α,β-unsaturated/α-hetero) is 2. The van der Waals surface area contributed by atoms with Gasteiger partial charge in [-0.15, -0.1) is 0 Å². The summed E-state index contributed by atoms with van der Waals surface area (Å²) in [7, 11) is 4.05. The fraction of sp³-hybridized carbons (Fsp3) is 0.719. The minimum absolute atomic E-state index is 0.0163. The number of hydrogen-bond donors (Lipinski definition) is 0. The van der Waals surface area contributed by atoms with E-state index >= 15 is 0 Å². The molecule has 43 heavy (non-hydrogen) atoms. The number of ketones is 2. The van der Waals surface area contributed by atoms with Crippen molar-refractivity contribution in [1.29, 1.82) is 0 Å². The topological polar surface area (TPSA) is 126 Å². The second kappa shape index (κ2) is 14.7. The van der Waals surface area contributed by atoms with Crippen LogP contribution in [0.15, 0.2) is 30.4 Å². The van der Waals surface area contributed by atoms with Gasteiger partial charge in [0.2, 0.25) is 0 Å². The van der Waals surface area contributed by atoms with Crippen molar-refractivity contribution >= 4 is 23.6 Å². The predicted octanol–water partition coefficient (Wildman–Crippen LogP) is 4.58. The van der Waals surface area contributed by atoms with E-state index in [1.807, 2.05) is 34.9 Å². The van der Waals surface area contributed by atoms with Crippen molar-refractivity contribution in [3.8, 4) is 0 Å². The van der Waals surface area contributed by atoms with Crippen LogP contribution in [0.25, 0.3) is 0 Å². The Labute approximate surface area is 255 Å². The monoisotopic (exact) mass is 603 g/mol. The largest absolute Gasteiger partial charge is 0.457 e. The smallest absolute Gasteiger partial charge is 0.420 e. The van der Waals surface area contributed by atoms with Crippen molar-refractivity contribution in [2.24, 2.45) is 17.8 Å². The van der Waals surface area contributed by atoms with E-state index in [0.717, 1.165) is 11.0 Å². The molecule has 2 aliphatic heterocycles. The first-order valence-corrected chi connectivity index (χ1v) is 15.3. The van der Waals surface area contributed by atoms with E-state index in [-0.39, 0.29) is 36.1 Å². The molecule has 2 aliphatic rings. The molecule has 1 aromatic heterocycles. The van der Waals surface area contributed by atoms with Gasteiger partial charge in [-0.2, -0.15) is 0 Å². The molecule has 1 aromatic rings. The Balaban J connectivity index is 1.94. The first-order valence-electron chi connectivity index (χ1n) is 15.3. The number of allylic oxidation sites excluding steroid dienone is 1. The van der Waals surface area contributed by atoms with E-state index in [9.17, 15) is 19.2 Å². The molecule has 1 saturated heterocycles. The Morgan fingerprint density at radius 3 is 2.44 bits per heavy atom. The molecule has 0 saturated carbocycles. The van der Waals surface area contributed by atoms with Gasteiger partial charge in [-0.3, -0.25) is 14.4 Å². The van der Waals surface area contributed by atoms with E-state index in [4.69, 9.17) is 18.9 Å². The summed E-state index contributed by atoms with van der Waals surface area (Å²) in [6, 6.07) is 0.264. The Kier molecular flexibility index (Phi) is 11.8. The molecule has 9 atom stereocenters. The second-order valence-electron chi connectivity index (χ2n) is 12.7. The number of imidazole rings is 1. The van der Waals surface area contributed by atoms with Crippen molar-refractivity contribution in [2.45, 2.75) is 117 Å². The van der Waals surface area contributed by atoms with Gasteiger partial charge in [0, 0.05) is 36.7 Å². The van der Waals surface area contributed by atoms with E-state index < -0.39 is 54.4 Å². The van der Waals surface area contributed by atoms with Crippen molar-refractivity contribution < 1.29 is 38.1 Å². The molecular formula is C32H49N3O8. The average molecular weight is 604 g/mol. The van der Waals surface area contributed by atoms with Crippen LogP contribution in [-0.4, -0.2) is 88.4 Å². The quantitative estimate of drug-likeness (QED) is 0.349. The van der Waals surface area contributed by atoms with Gasteiger partial charge in [0.25, 0.3) is 0 Å². The third-order valence-electron chi connectivity index (χ3n) is 8.74. The van der Waals surface area contributed by atoms with Crippen LogP contribution in [0.3, 0.4) is 0 Å². The van der Waals surface area contributed by atoms with Crippen molar-refractivity contribution in [3.05, 3.63) is 30.4 Å². The first-order chi connectivity index (χ1) is 20.1. The molecule has 0 N–H and O–H groups in total. The summed E-state index contributed by atoms with van der Waals surface area (Å²) in [6.45, 7) is 12.6. The van der Waals surface area contributed by atoms with E-state index in [1.54, 1.807) is 33.8 Å². The van der Waals surface area contributed by atoms with Gasteiger partial charge in [-0.1, -0.05) is 27.7 Å². The maximum absolute atomic E-state index is 13.7. The summed E-state index contributed by atoms with van der Waals surface area (Å²) < 4.78 is 25.4. The molecule has 0 aliphatic carbocycles. The van der Waals surface area contributed by atoms with E-state index in [1.165, 1.54) is 18.7 Å². The van der Waals surface area contributed by atoms with Gasteiger partial charge in [-0.05, 0) is 71.7 Å². The summed E-state index contributed by atoms with van der Waals surface area (Å²) >= 11 is 0. The molecule has 0 amide bonds. The van der Waals surface area contributed by atoms with Crippen LogP contribution in [0.2, 0.25) is 0 Å². The van der Waals surface area contributed by atoms with Crippen LogP contribution >= 0.6 is 0 Å². The Bertz CT molecular complexity index is 1170. The zero-order valence-electron chi connectivity index (χ0n) is 27.1. The lowest BCUT2D eigenvalue weighted by atomic mass is 9.81. The molecule has 3 rings (SSSR count). The van der Waals surface area contributed by atoms with E-state index in [2.05, 4.69) is 9.88 Å². The Hall–Kier alpha value is -2.89. The van der Waals surface area contributed by atoms with Crippen LogP contribution in [0.1, 0.15) is 80.6 Å². The van der Waals surface area contributed by atoms with Crippen LogP contribution in [-0.2, 0) is 33.3 Å². The number of esters is 1. The molecule has 240 valence electrons. The summed E-state index contributed by atoms with van der Waals surface area (Å²) in [5, 5.41) is 0. The average Bonchev–Trinajstić information content (AvgIpc) is 3.48. The molecule has 0 bridgehead atoms. The lowest BCUT2D eigenvalue weighted by Crippen LogP contribution is -2.47. The van der Waals surface area contributed by atoms with Crippen molar-refractivity contribution in [2.75, 3.05) is 14.1 Å². The van der Waals surface area contributed by atoms with Crippen LogP contribution in [0, 0.1) is 17.8 Å². The summed E-state index contributed by atoms with van der Waals surface area (Å²) in [5.74, 6) is -2.49. The highest BCUT2D eigenvalue weighted by molar-refractivity contribution is 5.98. The Morgan fingerprint density at radius 2 is 1.84 bits per heavy atom. The summed E-state index contributed by atoms with van der Waals surface area (Å²) in [6.07, 6.45) is 4.68. The van der Waals surface area contributed by atoms with Gasteiger partial charge >= 0.3 is 12.1 Å². The highest BCUT2D eigenvalue weighted by Gasteiger charge is 2.42. The maximum Gasteiger partial charge on any atom is 0.420 e. The summed E-state index contributed by atoms with van der Waals surface area (Å²) in [5.41, 5.74) is -1.11. The predicted molar refractivity (Wildman–Crippen MR) is 159 cm³/mol.